The third-order valence-corrected chi connectivity index (χ3v) is 3.05. The van der Waals surface area contributed by atoms with Gasteiger partial charge in [-0.2, -0.15) is 0 Å². The van der Waals surface area contributed by atoms with E-state index < -0.39 is 0 Å². The highest BCUT2D eigenvalue weighted by Crippen LogP contribution is 2.09. The molecule has 1 aliphatic rings. The number of aryl methyl sites for hydroxylation is 1. The van der Waals surface area contributed by atoms with E-state index in [-0.39, 0.29) is 12.0 Å². The monoisotopic (exact) mass is 249 g/mol. The molecule has 1 atom stereocenters. The van der Waals surface area contributed by atoms with Crippen molar-refractivity contribution in [1.29, 1.82) is 0 Å². The van der Waals surface area contributed by atoms with Crippen molar-refractivity contribution in [3.05, 3.63) is 29.6 Å². The lowest BCUT2D eigenvalue weighted by molar-refractivity contribution is -0.138. The van der Waals surface area contributed by atoms with Gasteiger partial charge in [0, 0.05) is 32.9 Å². The molecule has 1 aromatic rings. The summed E-state index contributed by atoms with van der Waals surface area (Å²) in [5, 5.41) is 2.62. The molecule has 1 aliphatic heterocycles. The zero-order valence-electron chi connectivity index (χ0n) is 10.8. The molecule has 1 amide bonds. The lowest BCUT2D eigenvalue weighted by Gasteiger charge is -2.31. The van der Waals surface area contributed by atoms with Gasteiger partial charge in [0.2, 0.25) is 5.91 Å². The Morgan fingerprint density at radius 2 is 2.44 bits per heavy atom. The van der Waals surface area contributed by atoms with Crippen LogP contribution in [0.3, 0.4) is 0 Å². The van der Waals surface area contributed by atoms with Gasteiger partial charge in [0.15, 0.2) is 0 Å². The van der Waals surface area contributed by atoms with Crippen molar-refractivity contribution in [3.8, 4) is 0 Å². The average molecular weight is 249 g/mol. The quantitative estimate of drug-likeness (QED) is 0.839. The normalized spacial score (nSPS) is 20.7. The second-order valence-corrected chi connectivity index (χ2v) is 4.54. The molecule has 5 heteroatoms. The predicted octanol–water partition coefficient (Wildman–Crippen LogP) is 0.337. The highest BCUT2D eigenvalue weighted by Gasteiger charge is 2.25. The first-order valence-corrected chi connectivity index (χ1v) is 6.16. The number of amides is 1. The number of hydrogen-bond donors (Lipinski definition) is 1. The van der Waals surface area contributed by atoms with Gasteiger partial charge < -0.3 is 10.1 Å². The third kappa shape index (κ3) is 3.27. The minimum absolute atomic E-state index is 0.0587. The molecule has 2 rings (SSSR count). The standard InChI is InChI=1S/C13H19N3O2/c1-10-3-4-11(15-7-10)8-16-5-6-18-12(9-16)13(17)14-2/h3-4,7,12H,5-6,8-9H2,1-2H3,(H,14,17)/t12-/m1/s1. The Kier molecular flexibility index (Phi) is 4.28. The number of morpholine rings is 1. The number of carbonyl (C=O) groups is 1. The minimum atomic E-state index is -0.366. The van der Waals surface area contributed by atoms with Gasteiger partial charge in [0.1, 0.15) is 6.10 Å². The van der Waals surface area contributed by atoms with E-state index in [4.69, 9.17) is 4.74 Å². The van der Waals surface area contributed by atoms with Crippen LogP contribution < -0.4 is 5.32 Å². The van der Waals surface area contributed by atoms with Crippen molar-refractivity contribution in [2.24, 2.45) is 0 Å². The summed E-state index contributed by atoms with van der Waals surface area (Å²) in [4.78, 5) is 18.1. The number of ether oxygens (including phenoxy) is 1. The topological polar surface area (TPSA) is 54.5 Å². The summed E-state index contributed by atoms with van der Waals surface area (Å²) in [5.41, 5.74) is 2.18. The van der Waals surface area contributed by atoms with Crippen molar-refractivity contribution >= 4 is 5.91 Å². The van der Waals surface area contributed by atoms with E-state index in [1.165, 1.54) is 0 Å². The van der Waals surface area contributed by atoms with Crippen molar-refractivity contribution in [2.45, 2.75) is 19.6 Å². The van der Waals surface area contributed by atoms with Gasteiger partial charge >= 0.3 is 0 Å². The summed E-state index contributed by atoms with van der Waals surface area (Å²) in [6.07, 6.45) is 1.50. The van der Waals surface area contributed by atoms with Crippen LogP contribution in [-0.4, -0.2) is 48.6 Å². The predicted molar refractivity (Wildman–Crippen MR) is 68.1 cm³/mol. The van der Waals surface area contributed by atoms with Crippen LogP contribution >= 0.6 is 0 Å². The van der Waals surface area contributed by atoms with Gasteiger partial charge in [-0.05, 0) is 18.6 Å². The number of pyridine rings is 1. The molecule has 2 heterocycles. The van der Waals surface area contributed by atoms with Crippen molar-refractivity contribution in [2.75, 3.05) is 26.7 Å². The van der Waals surface area contributed by atoms with Gasteiger partial charge in [-0.15, -0.1) is 0 Å². The van der Waals surface area contributed by atoms with E-state index in [2.05, 4.69) is 21.3 Å². The molecule has 0 aromatic carbocycles. The number of carbonyl (C=O) groups excluding carboxylic acids is 1. The lowest BCUT2D eigenvalue weighted by atomic mass is 10.2. The number of nitrogens with zero attached hydrogens (tertiary/aromatic N) is 2. The van der Waals surface area contributed by atoms with E-state index >= 15 is 0 Å². The molecule has 18 heavy (non-hydrogen) atoms. The molecule has 1 saturated heterocycles. The SMILES string of the molecule is CNC(=O)[C@H]1CN(Cc2ccc(C)cn2)CCO1. The lowest BCUT2D eigenvalue weighted by Crippen LogP contribution is -2.48. The molecule has 98 valence electrons. The maximum absolute atomic E-state index is 11.5. The molecule has 5 nitrogen and oxygen atoms in total. The fourth-order valence-electron chi connectivity index (χ4n) is 1.99. The zero-order valence-corrected chi connectivity index (χ0v) is 10.8. The highest BCUT2D eigenvalue weighted by atomic mass is 16.5. The molecule has 0 unspecified atom stereocenters. The summed E-state index contributed by atoms with van der Waals surface area (Å²) in [7, 11) is 1.63. The minimum Gasteiger partial charge on any atom is -0.366 e. The highest BCUT2D eigenvalue weighted by molar-refractivity contribution is 5.80. The maximum Gasteiger partial charge on any atom is 0.250 e. The van der Waals surface area contributed by atoms with Crippen LogP contribution in [0.15, 0.2) is 18.3 Å². The van der Waals surface area contributed by atoms with Crippen LogP contribution in [0.25, 0.3) is 0 Å². The molecule has 0 saturated carbocycles. The van der Waals surface area contributed by atoms with E-state index in [0.29, 0.717) is 13.2 Å². The number of likely N-dealkylation sites (N-methyl/N-ethyl adjacent to an activating group) is 1. The van der Waals surface area contributed by atoms with Crippen molar-refractivity contribution in [3.63, 3.8) is 0 Å². The Morgan fingerprint density at radius 3 is 3.11 bits per heavy atom. The Bertz CT molecular complexity index is 405. The van der Waals surface area contributed by atoms with Crippen LogP contribution in [-0.2, 0) is 16.1 Å². The first kappa shape index (κ1) is 13.0. The summed E-state index contributed by atoms with van der Waals surface area (Å²) in [5.74, 6) is -0.0587. The molecule has 0 bridgehead atoms. The Balaban J connectivity index is 1.93. The number of rotatable bonds is 3. The third-order valence-electron chi connectivity index (χ3n) is 3.05. The number of hydrogen-bond acceptors (Lipinski definition) is 4. The largest absolute Gasteiger partial charge is 0.366 e. The van der Waals surface area contributed by atoms with Crippen LogP contribution in [0.1, 0.15) is 11.3 Å². The molecule has 1 aromatic heterocycles. The Morgan fingerprint density at radius 1 is 1.61 bits per heavy atom. The molecule has 0 aliphatic carbocycles. The van der Waals surface area contributed by atoms with Gasteiger partial charge in [-0.3, -0.25) is 14.7 Å². The maximum atomic E-state index is 11.5. The van der Waals surface area contributed by atoms with Crippen LogP contribution in [0.4, 0.5) is 0 Å². The van der Waals surface area contributed by atoms with Gasteiger partial charge in [0.25, 0.3) is 0 Å². The summed E-state index contributed by atoms with van der Waals surface area (Å²) in [6, 6.07) is 4.08. The van der Waals surface area contributed by atoms with Gasteiger partial charge in [0.05, 0.1) is 12.3 Å². The Labute approximate surface area is 107 Å². The van der Waals surface area contributed by atoms with Crippen molar-refractivity contribution in [1.82, 2.24) is 15.2 Å². The molecule has 0 spiro atoms. The van der Waals surface area contributed by atoms with E-state index in [1.54, 1.807) is 7.05 Å². The van der Waals surface area contributed by atoms with Gasteiger partial charge in [-0.25, -0.2) is 0 Å². The van der Waals surface area contributed by atoms with Crippen LogP contribution in [0.5, 0.6) is 0 Å². The average Bonchev–Trinajstić information content (AvgIpc) is 2.41. The van der Waals surface area contributed by atoms with E-state index in [0.717, 1.165) is 24.3 Å². The smallest absolute Gasteiger partial charge is 0.250 e. The summed E-state index contributed by atoms with van der Waals surface area (Å²) < 4.78 is 5.44. The zero-order chi connectivity index (χ0) is 13.0. The second-order valence-electron chi connectivity index (χ2n) is 4.54. The van der Waals surface area contributed by atoms with Crippen LogP contribution in [0.2, 0.25) is 0 Å². The van der Waals surface area contributed by atoms with E-state index in [1.807, 2.05) is 19.2 Å². The molecule has 1 fully saturated rings. The molecular formula is C13H19N3O2. The second kappa shape index (κ2) is 5.93. The van der Waals surface area contributed by atoms with E-state index in [9.17, 15) is 4.79 Å². The summed E-state index contributed by atoms with van der Waals surface area (Å²) in [6.45, 7) is 4.83. The fraction of sp³-hybridized carbons (Fsp3) is 0.538. The number of aromatic nitrogens is 1. The van der Waals surface area contributed by atoms with Gasteiger partial charge in [-0.1, -0.05) is 6.07 Å². The number of nitrogens with one attached hydrogen (secondary N) is 1. The summed E-state index contributed by atoms with van der Waals surface area (Å²) >= 11 is 0. The van der Waals surface area contributed by atoms with Crippen molar-refractivity contribution < 1.29 is 9.53 Å². The molecule has 1 N–H and O–H groups in total. The first-order chi connectivity index (χ1) is 8.69. The first-order valence-electron chi connectivity index (χ1n) is 6.16. The fourth-order valence-corrected chi connectivity index (χ4v) is 1.99. The van der Waals surface area contributed by atoms with Crippen LogP contribution in [0, 0.1) is 6.92 Å². The molecular weight excluding hydrogens is 230 g/mol. The Hall–Kier alpha value is -1.46. The molecule has 0 radical (unpaired) electrons.